The van der Waals surface area contributed by atoms with E-state index in [0.717, 1.165) is 23.1 Å². The van der Waals surface area contributed by atoms with Gasteiger partial charge in [-0.1, -0.05) is 60.7 Å². The molecule has 166 valence electrons. The molecule has 1 fully saturated rings. The fourth-order valence-corrected chi connectivity index (χ4v) is 4.57. The maximum absolute atomic E-state index is 12.8. The summed E-state index contributed by atoms with van der Waals surface area (Å²) in [5.41, 5.74) is 1.95. The van der Waals surface area contributed by atoms with Crippen LogP contribution >= 0.6 is 0 Å². The molecular weight excluding hydrogens is 426 g/mol. The number of hydrogen-bond donors (Lipinski definition) is 0. The number of carbonyl (C=O) groups is 1. The smallest absolute Gasteiger partial charge is 0.264 e. The Kier molecular flexibility index (Phi) is 6.58. The number of carbonyl (C=O) groups excluding carboxylic acids is 1. The highest BCUT2D eigenvalue weighted by atomic mass is 32.2. The van der Waals surface area contributed by atoms with Gasteiger partial charge in [-0.15, -0.1) is 0 Å². The minimum atomic E-state index is -3.68. The minimum Gasteiger partial charge on any atom is -0.457 e. The largest absolute Gasteiger partial charge is 0.457 e. The summed E-state index contributed by atoms with van der Waals surface area (Å²) in [7, 11) is -3.68. The maximum atomic E-state index is 12.8. The van der Waals surface area contributed by atoms with Crippen LogP contribution in [0.5, 0.6) is 11.5 Å². The Morgan fingerprint density at radius 3 is 2.06 bits per heavy atom. The van der Waals surface area contributed by atoms with Crippen molar-refractivity contribution in [2.24, 2.45) is 0 Å². The molecule has 0 spiro atoms. The van der Waals surface area contributed by atoms with Crippen LogP contribution in [0.15, 0.2) is 84.9 Å². The molecule has 2 unspecified atom stereocenters. The highest BCUT2D eigenvalue weighted by molar-refractivity contribution is 7.86. The highest BCUT2D eigenvalue weighted by Gasteiger charge is 2.42. The van der Waals surface area contributed by atoms with E-state index in [-0.39, 0.29) is 18.4 Å². The topological polar surface area (TPSA) is 72.9 Å². The van der Waals surface area contributed by atoms with Gasteiger partial charge >= 0.3 is 0 Å². The van der Waals surface area contributed by atoms with Crippen molar-refractivity contribution in [3.63, 3.8) is 0 Å². The lowest BCUT2D eigenvalue weighted by atomic mass is 10.0. The molecule has 6 nitrogen and oxygen atoms in total. The van der Waals surface area contributed by atoms with Crippen LogP contribution < -0.4 is 4.74 Å². The summed E-state index contributed by atoms with van der Waals surface area (Å²) in [6.07, 6.45) is 0.866. The molecule has 0 aromatic heterocycles. The van der Waals surface area contributed by atoms with Gasteiger partial charge in [-0.05, 0) is 41.8 Å². The third-order valence-electron chi connectivity index (χ3n) is 5.37. The molecule has 0 aliphatic carbocycles. The van der Waals surface area contributed by atoms with Gasteiger partial charge in [0.25, 0.3) is 10.1 Å². The zero-order valence-electron chi connectivity index (χ0n) is 17.8. The lowest BCUT2D eigenvalue weighted by Gasteiger charge is -2.28. The van der Waals surface area contributed by atoms with E-state index in [9.17, 15) is 13.2 Å². The molecule has 3 aromatic rings. The number of hydrogen-bond acceptors (Lipinski definition) is 5. The molecule has 0 N–H and O–H groups in total. The third-order valence-corrected chi connectivity index (χ3v) is 5.96. The van der Waals surface area contributed by atoms with E-state index in [0.29, 0.717) is 18.7 Å². The molecule has 7 heteroatoms. The Morgan fingerprint density at radius 2 is 1.44 bits per heavy atom. The average molecular weight is 452 g/mol. The first-order valence-corrected chi connectivity index (χ1v) is 12.2. The van der Waals surface area contributed by atoms with Crippen molar-refractivity contribution in [2.75, 3.05) is 6.26 Å². The number of benzene rings is 3. The summed E-state index contributed by atoms with van der Waals surface area (Å²) in [6.45, 7) is 0.367. The van der Waals surface area contributed by atoms with Crippen molar-refractivity contribution in [1.29, 1.82) is 0 Å². The van der Waals surface area contributed by atoms with Gasteiger partial charge in [-0.2, -0.15) is 8.42 Å². The van der Waals surface area contributed by atoms with Gasteiger partial charge in [0.05, 0.1) is 18.7 Å². The molecule has 4 rings (SSSR count). The molecular formula is C25H25NO5S. The fourth-order valence-electron chi connectivity index (χ4n) is 3.92. The SMILES string of the molecule is CS(=O)(=O)OC1CC(=O)N(Cc2ccc(Oc3ccccc3)cc2)C1Cc1ccccc1. The van der Waals surface area contributed by atoms with Crippen LogP contribution in [0, 0.1) is 0 Å². The second-order valence-corrected chi connectivity index (χ2v) is 9.48. The van der Waals surface area contributed by atoms with E-state index in [1.807, 2.05) is 84.9 Å². The molecule has 32 heavy (non-hydrogen) atoms. The van der Waals surface area contributed by atoms with Gasteiger partial charge in [0.2, 0.25) is 5.91 Å². The van der Waals surface area contributed by atoms with Crippen LogP contribution in [0.1, 0.15) is 17.5 Å². The summed E-state index contributed by atoms with van der Waals surface area (Å²) >= 11 is 0. The van der Waals surface area contributed by atoms with Crippen molar-refractivity contribution in [3.05, 3.63) is 96.1 Å². The van der Waals surface area contributed by atoms with Crippen LogP contribution in [0.2, 0.25) is 0 Å². The number of rotatable bonds is 8. The molecule has 0 radical (unpaired) electrons. The van der Waals surface area contributed by atoms with Crippen molar-refractivity contribution in [2.45, 2.75) is 31.5 Å². The molecule has 1 aliphatic heterocycles. The predicted octanol–water partition coefficient (Wildman–Crippen LogP) is 4.17. The van der Waals surface area contributed by atoms with Crippen LogP contribution in [-0.4, -0.2) is 37.6 Å². The van der Waals surface area contributed by atoms with Crippen molar-refractivity contribution in [1.82, 2.24) is 4.90 Å². The normalized spacial score (nSPS) is 18.7. The van der Waals surface area contributed by atoms with Gasteiger partial charge in [0, 0.05) is 6.54 Å². The summed E-state index contributed by atoms with van der Waals surface area (Å²) < 4.78 is 34.7. The number of likely N-dealkylation sites (tertiary alicyclic amines) is 1. The van der Waals surface area contributed by atoms with Crippen molar-refractivity contribution in [3.8, 4) is 11.5 Å². The summed E-state index contributed by atoms with van der Waals surface area (Å²) in [5.74, 6) is 1.33. The summed E-state index contributed by atoms with van der Waals surface area (Å²) in [6, 6.07) is 26.4. The monoisotopic (exact) mass is 451 g/mol. The van der Waals surface area contributed by atoms with E-state index >= 15 is 0 Å². The molecule has 1 heterocycles. The second kappa shape index (κ2) is 9.54. The van der Waals surface area contributed by atoms with Gasteiger partial charge < -0.3 is 9.64 Å². The first-order valence-electron chi connectivity index (χ1n) is 10.4. The Labute approximate surface area is 188 Å². The lowest BCUT2D eigenvalue weighted by molar-refractivity contribution is -0.129. The summed E-state index contributed by atoms with van der Waals surface area (Å²) in [4.78, 5) is 14.5. The maximum Gasteiger partial charge on any atom is 0.264 e. The van der Waals surface area contributed by atoms with Crippen LogP contribution in [0.3, 0.4) is 0 Å². The van der Waals surface area contributed by atoms with Gasteiger partial charge in [-0.25, -0.2) is 0 Å². The Balaban J connectivity index is 1.51. The van der Waals surface area contributed by atoms with E-state index in [1.54, 1.807) is 4.90 Å². The fraction of sp³-hybridized carbons (Fsp3) is 0.240. The number of para-hydroxylation sites is 1. The zero-order chi connectivity index (χ0) is 22.6. The predicted molar refractivity (Wildman–Crippen MR) is 122 cm³/mol. The minimum absolute atomic E-state index is 0.0414. The molecule has 1 aliphatic rings. The molecule has 2 atom stereocenters. The van der Waals surface area contributed by atoms with Gasteiger partial charge in [0.1, 0.15) is 17.6 Å². The van der Waals surface area contributed by atoms with E-state index in [4.69, 9.17) is 8.92 Å². The van der Waals surface area contributed by atoms with Gasteiger partial charge in [-0.3, -0.25) is 8.98 Å². The van der Waals surface area contributed by atoms with Crippen LogP contribution in [0.25, 0.3) is 0 Å². The molecule has 0 bridgehead atoms. The second-order valence-electron chi connectivity index (χ2n) is 7.88. The van der Waals surface area contributed by atoms with E-state index < -0.39 is 16.2 Å². The zero-order valence-corrected chi connectivity index (χ0v) is 18.6. The van der Waals surface area contributed by atoms with E-state index in [2.05, 4.69) is 0 Å². The molecule has 0 saturated carbocycles. The number of amides is 1. The van der Waals surface area contributed by atoms with Gasteiger partial charge in [0.15, 0.2) is 0 Å². The van der Waals surface area contributed by atoms with Crippen LogP contribution in [0.4, 0.5) is 0 Å². The van der Waals surface area contributed by atoms with Crippen molar-refractivity contribution >= 4 is 16.0 Å². The first kappa shape index (κ1) is 22.0. The Hall–Kier alpha value is -3.16. The molecule has 3 aromatic carbocycles. The Morgan fingerprint density at radius 1 is 0.844 bits per heavy atom. The first-order chi connectivity index (χ1) is 15.4. The molecule has 1 amide bonds. The summed E-state index contributed by atoms with van der Waals surface area (Å²) in [5, 5.41) is 0. The highest BCUT2D eigenvalue weighted by Crippen LogP contribution is 2.29. The molecule has 1 saturated heterocycles. The standard InChI is InChI=1S/C25H25NO5S/c1-32(28,29)31-24-17-25(27)26(23(24)16-19-8-4-2-5-9-19)18-20-12-14-22(15-13-20)30-21-10-6-3-7-11-21/h2-15,23-24H,16-18H2,1H3. The number of nitrogens with zero attached hydrogens (tertiary/aromatic N) is 1. The van der Waals surface area contributed by atoms with Crippen LogP contribution in [-0.2, 0) is 32.1 Å². The Bertz CT molecular complexity index is 1150. The van der Waals surface area contributed by atoms with Crippen molar-refractivity contribution < 1.29 is 22.1 Å². The van der Waals surface area contributed by atoms with E-state index in [1.165, 1.54) is 0 Å². The number of ether oxygens (including phenoxy) is 1. The quantitative estimate of drug-likeness (QED) is 0.481. The lowest BCUT2D eigenvalue weighted by Crippen LogP contribution is -2.39. The third kappa shape index (κ3) is 5.75. The average Bonchev–Trinajstić information content (AvgIpc) is 3.03.